The van der Waals surface area contributed by atoms with Gasteiger partial charge in [0.1, 0.15) is 5.75 Å². The Morgan fingerprint density at radius 2 is 1.88 bits per heavy atom. The molecule has 88 valence electrons. The topological polar surface area (TPSA) is 26.7 Å². The van der Waals surface area contributed by atoms with Crippen molar-refractivity contribution in [3.05, 3.63) is 28.2 Å². The molecule has 1 heterocycles. The molecule has 1 aromatic carbocycles. The Labute approximate surface area is 105 Å². The van der Waals surface area contributed by atoms with Crippen LogP contribution in [0.5, 0.6) is 5.75 Å². The molecule has 4 heteroatoms. The average Bonchev–Trinajstić information content (AvgIpc) is 2.23. The molecule has 0 atom stereocenters. The zero-order chi connectivity index (χ0) is 11.7. The third-order valence-electron chi connectivity index (χ3n) is 3.12. The number of phenolic OH excluding ortho intramolecular Hbond substituents is 1. The first-order valence-electron chi connectivity index (χ1n) is 5.48. The predicted octanol–water partition coefficient (Wildman–Crippen LogP) is 2.42. The van der Waals surface area contributed by atoms with E-state index in [1.54, 1.807) is 6.07 Å². The van der Waals surface area contributed by atoms with Crippen molar-refractivity contribution < 1.29 is 5.11 Å². The van der Waals surface area contributed by atoms with Crippen LogP contribution in [0.2, 0.25) is 0 Å². The number of benzene rings is 1. The number of nitrogens with zero attached hydrogens (tertiary/aromatic N) is 2. The van der Waals surface area contributed by atoms with E-state index in [9.17, 15) is 5.11 Å². The maximum Gasteiger partial charge on any atom is 0.121 e. The number of rotatable bonds is 1. The first kappa shape index (κ1) is 11.9. The van der Waals surface area contributed by atoms with Gasteiger partial charge in [0.2, 0.25) is 0 Å². The highest BCUT2D eigenvalue weighted by Gasteiger charge is 2.27. The van der Waals surface area contributed by atoms with E-state index in [-0.39, 0.29) is 6.17 Å². The van der Waals surface area contributed by atoms with E-state index in [1.165, 1.54) is 6.42 Å². The Morgan fingerprint density at radius 3 is 2.50 bits per heavy atom. The third-order valence-corrected chi connectivity index (χ3v) is 3.62. The second-order valence-corrected chi connectivity index (χ2v) is 5.31. The summed E-state index contributed by atoms with van der Waals surface area (Å²) in [7, 11) is 4.20. The molecule has 0 unspecified atom stereocenters. The summed E-state index contributed by atoms with van der Waals surface area (Å²) in [5, 5.41) is 9.95. The number of hydrogen-bond acceptors (Lipinski definition) is 3. The summed E-state index contributed by atoms with van der Waals surface area (Å²) in [4.78, 5) is 4.54. The second kappa shape index (κ2) is 4.73. The van der Waals surface area contributed by atoms with Gasteiger partial charge in [-0.1, -0.05) is 15.9 Å². The van der Waals surface area contributed by atoms with E-state index in [2.05, 4.69) is 39.8 Å². The maximum absolute atomic E-state index is 9.95. The van der Waals surface area contributed by atoms with Gasteiger partial charge in [0.25, 0.3) is 0 Å². The van der Waals surface area contributed by atoms with Crippen molar-refractivity contribution in [2.45, 2.75) is 12.6 Å². The molecule has 0 spiro atoms. The molecule has 1 fully saturated rings. The van der Waals surface area contributed by atoms with Gasteiger partial charge >= 0.3 is 0 Å². The summed E-state index contributed by atoms with van der Waals surface area (Å²) in [6.45, 7) is 2.14. The van der Waals surface area contributed by atoms with Crippen molar-refractivity contribution in [3.8, 4) is 5.75 Å². The highest BCUT2D eigenvalue weighted by molar-refractivity contribution is 9.10. The van der Waals surface area contributed by atoms with Crippen LogP contribution in [-0.4, -0.2) is 42.1 Å². The summed E-state index contributed by atoms with van der Waals surface area (Å²) in [6.07, 6.45) is 1.35. The monoisotopic (exact) mass is 284 g/mol. The Bertz CT molecular complexity index is 373. The van der Waals surface area contributed by atoms with Crippen LogP contribution in [0.1, 0.15) is 18.2 Å². The minimum absolute atomic E-state index is 0.172. The first-order chi connectivity index (χ1) is 7.59. The molecule has 1 saturated heterocycles. The summed E-state index contributed by atoms with van der Waals surface area (Å²) < 4.78 is 1.01. The maximum atomic E-state index is 9.95. The molecular formula is C12H17BrN2O. The van der Waals surface area contributed by atoms with Gasteiger partial charge < -0.3 is 5.11 Å². The van der Waals surface area contributed by atoms with E-state index in [0.717, 1.165) is 23.1 Å². The molecule has 3 nitrogen and oxygen atoms in total. The molecule has 0 saturated carbocycles. The lowest BCUT2D eigenvalue weighted by Crippen LogP contribution is -2.43. The number of aromatic hydroxyl groups is 1. The number of phenols is 1. The Kier molecular flexibility index (Phi) is 3.52. The quantitative estimate of drug-likeness (QED) is 0.858. The van der Waals surface area contributed by atoms with Crippen LogP contribution in [0.25, 0.3) is 0 Å². The first-order valence-corrected chi connectivity index (χ1v) is 6.28. The predicted molar refractivity (Wildman–Crippen MR) is 68.4 cm³/mol. The lowest BCUT2D eigenvalue weighted by atomic mass is 10.1. The Hall–Kier alpha value is -0.580. The van der Waals surface area contributed by atoms with Crippen LogP contribution in [0.15, 0.2) is 22.7 Å². The molecule has 0 aromatic heterocycles. The van der Waals surface area contributed by atoms with Gasteiger partial charge in [-0.2, -0.15) is 0 Å². The normalized spacial score (nSPS) is 20.2. The van der Waals surface area contributed by atoms with E-state index < -0.39 is 0 Å². The van der Waals surface area contributed by atoms with Crippen LogP contribution in [0.4, 0.5) is 0 Å². The summed E-state index contributed by atoms with van der Waals surface area (Å²) in [5.74, 6) is 0.369. The highest BCUT2D eigenvalue weighted by Crippen LogP contribution is 2.34. The van der Waals surface area contributed by atoms with Crippen LogP contribution < -0.4 is 0 Å². The zero-order valence-electron chi connectivity index (χ0n) is 9.65. The molecule has 0 aliphatic carbocycles. The molecule has 1 N–H and O–H groups in total. The van der Waals surface area contributed by atoms with Gasteiger partial charge in [-0.05, 0) is 38.7 Å². The molecule has 0 amide bonds. The van der Waals surface area contributed by atoms with Gasteiger partial charge in [-0.25, -0.2) is 0 Å². The summed E-state index contributed by atoms with van der Waals surface area (Å²) >= 11 is 3.45. The second-order valence-electron chi connectivity index (χ2n) is 4.39. The van der Waals surface area contributed by atoms with Crippen LogP contribution >= 0.6 is 15.9 Å². The van der Waals surface area contributed by atoms with Gasteiger partial charge in [0.05, 0.1) is 6.17 Å². The van der Waals surface area contributed by atoms with Crippen molar-refractivity contribution in [2.75, 3.05) is 27.2 Å². The van der Waals surface area contributed by atoms with Crippen molar-refractivity contribution in [1.29, 1.82) is 0 Å². The van der Waals surface area contributed by atoms with Crippen molar-refractivity contribution in [3.63, 3.8) is 0 Å². The fourth-order valence-electron chi connectivity index (χ4n) is 2.36. The smallest absolute Gasteiger partial charge is 0.121 e. The zero-order valence-corrected chi connectivity index (χ0v) is 11.2. The Balaban J connectivity index is 2.37. The van der Waals surface area contributed by atoms with Gasteiger partial charge in [-0.3, -0.25) is 9.80 Å². The SMILES string of the molecule is CN1CCCN(C)C1c1cc(Br)ccc1O. The largest absolute Gasteiger partial charge is 0.508 e. The lowest BCUT2D eigenvalue weighted by Gasteiger charge is -2.40. The minimum atomic E-state index is 0.172. The molecule has 1 aliphatic heterocycles. The number of halogens is 1. The van der Waals surface area contributed by atoms with Crippen LogP contribution in [0.3, 0.4) is 0 Å². The Morgan fingerprint density at radius 1 is 1.25 bits per heavy atom. The standard InChI is InChI=1S/C12H17BrN2O/c1-14-6-3-7-15(2)12(14)10-8-9(13)4-5-11(10)16/h4-5,8,12,16H,3,6-7H2,1-2H3. The minimum Gasteiger partial charge on any atom is -0.508 e. The van der Waals surface area contributed by atoms with Gasteiger partial charge in [0, 0.05) is 23.1 Å². The van der Waals surface area contributed by atoms with E-state index in [0.29, 0.717) is 5.75 Å². The molecular weight excluding hydrogens is 268 g/mol. The third kappa shape index (κ3) is 2.24. The van der Waals surface area contributed by atoms with Crippen molar-refractivity contribution in [2.24, 2.45) is 0 Å². The van der Waals surface area contributed by atoms with E-state index in [1.807, 2.05) is 12.1 Å². The van der Waals surface area contributed by atoms with Crippen LogP contribution in [-0.2, 0) is 0 Å². The van der Waals surface area contributed by atoms with Crippen molar-refractivity contribution in [1.82, 2.24) is 9.80 Å². The highest BCUT2D eigenvalue weighted by atomic mass is 79.9. The van der Waals surface area contributed by atoms with Crippen LogP contribution in [0, 0.1) is 0 Å². The molecule has 16 heavy (non-hydrogen) atoms. The fourth-order valence-corrected chi connectivity index (χ4v) is 2.74. The molecule has 0 bridgehead atoms. The lowest BCUT2D eigenvalue weighted by molar-refractivity contribution is 0.0398. The molecule has 1 aromatic rings. The van der Waals surface area contributed by atoms with Crippen molar-refractivity contribution >= 4 is 15.9 Å². The van der Waals surface area contributed by atoms with E-state index >= 15 is 0 Å². The average molecular weight is 285 g/mol. The summed E-state index contributed by atoms with van der Waals surface area (Å²) in [5.41, 5.74) is 0.971. The van der Waals surface area contributed by atoms with Gasteiger partial charge in [0.15, 0.2) is 0 Å². The number of hydrogen-bond donors (Lipinski definition) is 1. The van der Waals surface area contributed by atoms with Gasteiger partial charge in [-0.15, -0.1) is 0 Å². The fraction of sp³-hybridized carbons (Fsp3) is 0.500. The molecule has 1 aliphatic rings. The summed E-state index contributed by atoms with van der Waals surface area (Å²) in [6, 6.07) is 5.61. The molecule has 0 radical (unpaired) electrons. The van der Waals surface area contributed by atoms with E-state index in [4.69, 9.17) is 0 Å². The molecule has 2 rings (SSSR count).